The van der Waals surface area contributed by atoms with E-state index in [2.05, 4.69) is 5.32 Å². The fourth-order valence-corrected chi connectivity index (χ4v) is 3.53. The number of amides is 1. The molecule has 1 aromatic carbocycles. The number of alkyl carbamates (subject to hydrolysis) is 1. The number of ether oxygens (including phenoxy) is 1. The molecule has 132 valence electrons. The first-order chi connectivity index (χ1) is 11.0. The zero-order valence-electron chi connectivity index (χ0n) is 13.2. The molecule has 0 radical (unpaired) electrons. The van der Waals surface area contributed by atoms with Gasteiger partial charge in [0.05, 0.1) is 13.4 Å². The van der Waals surface area contributed by atoms with Gasteiger partial charge in [0, 0.05) is 5.75 Å². The van der Waals surface area contributed by atoms with Crippen LogP contribution in [0.2, 0.25) is 0 Å². The maximum atomic E-state index is 11.7. The van der Waals surface area contributed by atoms with Gasteiger partial charge in [0.1, 0.15) is 11.6 Å². The third-order valence-electron chi connectivity index (χ3n) is 2.53. The van der Waals surface area contributed by atoms with Crippen LogP contribution >= 0.6 is 34.4 Å². The third-order valence-corrected chi connectivity index (χ3v) is 4.54. The molecule has 1 rings (SSSR count). The highest BCUT2D eigenvalue weighted by Crippen LogP contribution is 2.33. The summed E-state index contributed by atoms with van der Waals surface area (Å²) in [5.74, 6) is -1.32. The van der Waals surface area contributed by atoms with Crippen molar-refractivity contribution in [2.75, 3.05) is 5.75 Å². The summed E-state index contributed by atoms with van der Waals surface area (Å²) < 4.78 is 5.47. The molecule has 0 aliphatic rings. The Bertz CT molecular complexity index is 647. The number of carboxylic acids is 1. The van der Waals surface area contributed by atoms with Crippen LogP contribution < -0.4 is 5.32 Å². The van der Waals surface area contributed by atoms with E-state index < -0.39 is 28.6 Å². The molecule has 0 bridgehead atoms. The number of nitrogens with one attached hydrogen (secondary N) is 1. The van der Waals surface area contributed by atoms with Gasteiger partial charge in [-0.3, -0.25) is 10.1 Å². The first kappa shape index (κ1) is 20.5. The Morgan fingerprint density at radius 1 is 1.46 bits per heavy atom. The lowest BCUT2D eigenvalue weighted by molar-refractivity contribution is -0.388. The van der Waals surface area contributed by atoms with E-state index in [9.17, 15) is 24.8 Å². The highest BCUT2D eigenvalue weighted by molar-refractivity contribution is 14.1. The maximum Gasteiger partial charge on any atom is 0.408 e. The van der Waals surface area contributed by atoms with Gasteiger partial charge in [-0.2, -0.15) is 0 Å². The fourth-order valence-electron chi connectivity index (χ4n) is 1.59. The van der Waals surface area contributed by atoms with Crippen molar-refractivity contribution in [3.8, 4) is 0 Å². The van der Waals surface area contributed by atoms with Gasteiger partial charge in [-0.25, -0.2) is 9.59 Å². The number of carbonyl (C=O) groups excluding carboxylic acids is 1. The highest BCUT2D eigenvalue weighted by atomic mass is 127. The van der Waals surface area contributed by atoms with Gasteiger partial charge in [-0.1, -0.05) is 6.07 Å². The van der Waals surface area contributed by atoms with Crippen LogP contribution in [0.4, 0.5) is 10.5 Å². The van der Waals surface area contributed by atoms with Gasteiger partial charge in [0.25, 0.3) is 5.69 Å². The van der Waals surface area contributed by atoms with Gasteiger partial charge in [-0.05, 0) is 55.5 Å². The number of halogens is 1. The smallest absolute Gasteiger partial charge is 0.408 e. The van der Waals surface area contributed by atoms with Crippen LogP contribution in [0, 0.1) is 13.7 Å². The van der Waals surface area contributed by atoms with E-state index in [4.69, 9.17) is 4.74 Å². The number of rotatable bonds is 6. The second-order valence-electron chi connectivity index (χ2n) is 5.69. The van der Waals surface area contributed by atoms with Crippen LogP contribution in [0.3, 0.4) is 0 Å². The molecule has 0 aromatic heterocycles. The topological polar surface area (TPSA) is 119 Å². The van der Waals surface area contributed by atoms with E-state index in [1.807, 2.05) is 22.6 Å². The Labute approximate surface area is 156 Å². The molecule has 0 saturated heterocycles. The summed E-state index contributed by atoms with van der Waals surface area (Å²) in [4.78, 5) is 33.9. The van der Waals surface area contributed by atoms with Crippen LogP contribution in [-0.2, 0) is 9.53 Å². The number of nitrogens with zero attached hydrogens (tertiary/aromatic N) is 1. The molecule has 1 aromatic rings. The number of para-hydroxylation sites is 1. The minimum atomic E-state index is -1.25. The zero-order chi connectivity index (χ0) is 18.5. The molecule has 0 aliphatic carbocycles. The van der Waals surface area contributed by atoms with Crippen molar-refractivity contribution < 1.29 is 24.4 Å². The molecule has 0 fully saturated rings. The van der Waals surface area contributed by atoms with Crippen molar-refractivity contribution in [2.45, 2.75) is 37.3 Å². The summed E-state index contributed by atoms with van der Waals surface area (Å²) in [5.41, 5.74) is -0.835. The number of carboxylic acid groups (broad SMARTS) is 1. The number of hydrogen-bond acceptors (Lipinski definition) is 6. The molecule has 8 nitrogen and oxygen atoms in total. The zero-order valence-corrected chi connectivity index (χ0v) is 16.2. The lowest BCUT2D eigenvalue weighted by Gasteiger charge is -2.21. The molecular weight excluding hydrogens is 451 g/mol. The summed E-state index contributed by atoms with van der Waals surface area (Å²) in [6.07, 6.45) is -0.854. The van der Waals surface area contributed by atoms with Crippen molar-refractivity contribution in [3.63, 3.8) is 0 Å². The highest BCUT2D eigenvalue weighted by Gasteiger charge is 2.26. The monoisotopic (exact) mass is 468 g/mol. The summed E-state index contributed by atoms with van der Waals surface area (Å²) >= 11 is 2.83. The van der Waals surface area contributed by atoms with Gasteiger partial charge >= 0.3 is 12.1 Å². The number of nitro groups is 1. The summed E-state index contributed by atoms with van der Waals surface area (Å²) in [6, 6.07) is 3.55. The molecule has 0 saturated carbocycles. The Balaban J connectivity index is 2.82. The van der Waals surface area contributed by atoms with Crippen LogP contribution in [-0.4, -0.2) is 39.5 Å². The second kappa shape index (κ2) is 8.51. The average molecular weight is 468 g/mol. The fraction of sp³-hybridized carbons (Fsp3) is 0.429. The number of hydrogen-bond donors (Lipinski definition) is 2. The van der Waals surface area contributed by atoms with Gasteiger partial charge in [0.15, 0.2) is 0 Å². The number of benzene rings is 1. The molecule has 0 aliphatic heterocycles. The van der Waals surface area contributed by atoms with Crippen molar-refractivity contribution in [3.05, 3.63) is 31.9 Å². The minimum absolute atomic E-state index is 0.0739. The molecule has 1 atom stereocenters. The molecule has 24 heavy (non-hydrogen) atoms. The predicted molar refractivity (Wildman–Crippen MR) is 97.3 cm³/mol. The van der Waals surface area contributed by atoms with Gasteiger partial charge in [0.2, 0.25) is 0 Å². The van der Waals surface area contributed by atoms with Gasteiger partial charge in [-0.15, -0.1) is 11.8 Å². The lowest BCUT2D eigenvalue weighted by atomic mass is 10.2. The Hall–Kier alpha value is -1.56. The van der Waals surface area contributed by atoms with Crippen molar-refractivity contribution >= 4 is 52.1 Å². The number of nitro benzene ring substituents is 1. The summed E-state index contributed by atoms with van der Waals surface area (Å²) in [7, 11) is 0. The third kappa shape index (κ3) is 6.51. The Morgan fingerprint density at radius 2 is 2.08 bits per heavy atom. The minimum Gasteiger partial charge on any atom is -0.480 e. The Kier molecular flexibility index (Phi) is 7.27. The second-order valence-corrected chi connectivity index (χ2v) is 7.92. The number of thioether (sulfide) groups is 1. The largest absolute Gasteiger partial charge is 0.480 e. The molecule has 0 unspecified atom stereocenters. The predicted octanol–water partition coefficient (Wildman–Crippen LogP) is 3.27. The number of aliphatic carboxylic acids is 1. The van der Waals surface area contributed by atoms with Crippen molar-refractivity contribution in [2.24, 2.45) is 0 Å². The lowest BCUT2D eigenvalue weighted by Crippen LogP contribution is -2.44. The standard InChI is InChI=1S/C14H17IN2O6S/c1-14(2,3)23-13(20)16-9(12(18)19)7-24-10-6-4-5-8(15)11(10)17(21)22/h4-6,9H,7H2,1-3H3,(H,16,20)(H,18,19)/t9-/m0/s1. The quantitative estimate of drug-likeness (QED) is 0.285. The number of carbonyl (C=O) groups is 2. The molecular formula is C14H17IN2O6S. The average Bonchev–Trinajstić information content (AvgIpc) is 2.40. The molecule has 2 N–H and O–H groups in total. The van der Waals surface area contributed by atoms with Crippen LogP contribution in [0.15, 0.2) is 23.1 Å². The normalized spacial score (nSPS) is 12.3. The molecule has 0 spiro atoms. The molecule has 1 amide bonds. The SMILES string of the molecule is CC(C)(C)OC(=O)N[C@@H](CSc1cccc(I)c1[N+](=O)[O-])C(=O)O. The van der Waals surface area contributed by atoms with E-state index >= 15 is 0 Å². The van der Waals surface area contributed by atoms with Crippen LogP contribution in [0.5, 0.6) is 0 Å². The van der Waals surface area contributed by atoms with Crippen LogP contribution in [0.1, 0.15) is 20.8 Å². The van der Waals surface area contributed by atoms with E-state index in [0.29, 0.717) is 8.47 Å². The Morgan fingerprint density at radius 3 is 2.58 bits per heavy atom. The van der Waals surface area contributed by atoms with Crippen LogP contribution in [0.25, 0.3) is 0 Å². The molecule has 10 heteroatoms. The first-order valence-electron chi connectivity index (χ1n) is 6.79. The first-order valence-corrected chi connectivity index (χ1v) is 8.85. The maximum absolute atomic E-state index is 11.7. The van der Waals surface area contributed by atoms with E-state index in [1.165, 1.54) is 6.07 Å². The van der Waals surface area contributed by atoms with E-state index in [-0.39, 0.29) is 11.4 Å². The summed E-state index contributed by atoms with van der Waals surface area (Å²) in [6.45, 7) is 4.98. The van der Waals surface area contributed by atoms with Gasteiger partial charge < -0.3 is 15.2 Å². The summed E-state index contributed by atoms with van der Waals surface area (Å²) in [5, 5.41) is 22.6. The van der Waals surface area contributed by atoms with E-state index in [1.54, 1.807) is 32.9 Å². The molecule has 0 heterocycles. The van der Waals surface area contributed by atoms with Crippen molar-refractivity contribution in [1.82, 2.24) is 5.32 Å². The van der Waals surface area contributed by atoms with Crippen molar-refractivity contribution in [1.29, 1.82) is 0 Å². The van der Waals surface area contributed by atoms with E-state index in [0.717, 1.165) is 11.8 Å².